The van der Waals surface area contributed by atoms with Crippen LogP contribution < -0.4 is 4.74 Å². The molecule has 0 amide bonds. The number of benzene rings is 2. The van der Waals surface area contributed by atoms with Crippen LogP contribution in [0, 0.1) is 0 Å². The molecule has 3 rings (SSSR count). The first-order chi connectivity index (χ1) is 11.1. The lowest BCUT2D eigenvalue weighted by Crippen LogP contribution is -2.05. The minimum atomic E-state index is -0.512. The lowest BCUT2D eigenvalue weighted by atomic mass is 10.2. The minimum absolute atomic E-state index is 0.202. The zero-order valence-corrected chi connectivity index (χ0v) is 13.6. The average molecular weight is 348 g/mol. The van der Waals surface area contributed by atoms with Crippen LogP contribution in [0.3, 0.4) is 0 Å². The van der Waals surface area contributed by atoms with E-state index < -0.39 is 5.97 Å². The topological polar surface area (TPSA) is 47.9 Å². The van der Waals surface area contributed by atoms with Crippen LogP contribution in [0.25, 0.3) is 6.08 Å². The molecular weight excluding hydrogens is 337 g/mol. The molecule has 0 radical (unpaired) electrons. The quantitative estimate of drug-likeness (QED) is 0.612. The molecule has 0 fully saturated rings. The molecule has 0 atom stereocenters. The molecule has 0 aliphatic carbocycles. The summed E-state index contributed by atoms with van der Waals surface area (Å²) in [6.45, 7) is 0. The predicted octanol–water partition coefficient (Wildman–Crippen LogP) is 4.35. The third-order valence-corrected chi connectivity index (χ3v) is 3.95. The van der Waals surface area contributed by atoms with E-state index in [0.717, 1.165) is 11.3 Å². The number of methoxy groups -OCH3 is 1. The van der Waals surface area contributed by atoms with Gasteiger partial charge in [0.15, 0.2) is 5.70 Å². The van der Waals surface area contributed by atoms with Crippen molar-refractivity contribution in [2.75, 3.05) is 7.11 Å². The van der Waals surface area contributed by atoms with Crippen molar-refractivity contribution in [3.8, 4) is 5.75 Å². The molecule has 2 aromatic carbocycles. The lowest BCUT2D eigenvalue weighted by molar-refractivity contribution is -0.129. The standard InChI is InChI=1S/C17H11Cl2NO3/c1-22-12-5-2-10(3-6-12)8-15-17(21)23-16(20-15)11-4-7-13(18)14(19)9-11/h2-9H,1H3. The molecule has 1 aliphatic heterocycles. The Morgan fingerprint density at radius 1 is 1.09 bits per heavy atom. The van der Waals surface area contributed by atoms with E-state index in [1.807, 2.05) is 12.1 Å². The van der Waals surface area contributed by atoms with Gasteiger partial charge in [-0.2, -0.15) is 0 Å². The van der Waals surface area contributed by atoms with E-state index in [1.54, 1.807) is 43.5 Å². The van der Waals surface area contributed by atoms with E-state index in [9.17, 15) is 4.79 Å². The minimum Gasteiger partial charge on any atom is -0.497 e. The number of hydrogen-bond acceptors (Lipinski definition) is 4. The summed E-state index contributed by atoms with van der Waals surface area (Å²) in [7, 11) is 1.59. The number of aliphatic imine (C=N–C) groups is 1. The van der Waals surface area contributed by atoms with Crippen molar-refractivity contribution in [3.63, 3.8) is 0 Å². The van der Waals surface area contributed by atoms with Crippen molar-refractivity contribution >= 4 is 41.1 Å². The molecule has 0 saturated carbocycles. The molecule has 1 aliphatic rings. The van der Waals surface area contributed by atoms with Crippen LogP contribution in [-0.2, 0) is 9.53 Å². The van der Waals surface area contributed by atoms with Gasteiger partial charge in [0.2, 0.25) is 5.90 Å². The summed E-state index contributed by atoms with van der Waals surface area (Å²) in [6, 6.07) is 12.2. The molecule has 0 N–H and O–H groups in total. The van der Waals surface area contributed by atoms with Crippen molar-refractivity contribution in [2.45, 2.75) is 0 Å². The number of hydrogen-bond donors (Lipinski definition) is 0. The predicted molar refractivity (Wildman–Crippen MR) is 90.1 cm³/mol. The van der Waals surface area contributed by atoms with Crippen LogP contribution in [0.15, 0.2) is 53.2 Å². The maximum atomic E-state index is 11.9. The van der Waals surface area contributed by atoms with Gasteiger partial charge in [-0.05, 0) is 42.0 Å². The lowest BCUT2D eigenvalue weighted by Gasteiger charge is -2.01. The highest BCUT2D eigenvalue weighted by Gasteiger charge is 2.24. The molecule has 2 aromatic rings. The van der Waals surface area contributed by atoms with Gasteiger partial charge in [0.1, 0.15) is 5.75 Å². The smallest absolute Gasteiger partial charge is 0.363 e. The Morgan fingerprint density at radius 2 is 1.83 bits per heavy atom. The highest BCUT2D eigenvalue weighted by atomic mass is 35.5. The zero-order chi connectivity index (χ0) is 16.4. The van der Waals surface area contributed by atoms with E-state index in [2.05, 4.69) is 4.99 Å². The SMILES string of the molecule is COc1ccc(C=C2N=C(c3ccc(Cl)c(Cl)c3)OC2=O)cc1. The van der Waals surface area contributed by atoms with E-state index in [0.29, 0.717) is 15.6 Å². The summed E-state index contributed by atoms with van der Waals surface area (Å²) in [4.78, 5) is 16.2. The molecule has 0 unspecified atom stereocenters. The third-order valence-electron chi connectivity index (χ3n) is 3.21. The average Bonchev–Trinajstić information content (AvgIpc) is 2.92. The fraction of sp³-hybridized carbons (Fsp3) is 0.0588. The number of ether oxygens (including phenoxy) is 2. The molecule has 0 saturated heterocycles. The maximum Gasteiger partial charge on any atom is 0.363 e. The molecule has 23 heavy (non-hydrogen) atoms. The van der Waals surface area contributed by atoms with Gasteiger partial charge in [0, 0.05) is 5.56 Å². The summed E-state index contributed by atoms with van der Waals surface area (Å²) in [5, 5.41) is 0.796. The first-order valence-corrected chi connectivity index (χ1v) is 7.44. The fourth-order valence-electron chi connectivity index (χ4n) is 2.02. The Hall–Kier alpha value is -2.30. The van der Waals surface area contributed by atoms with Crippen molar-refractivity contribution in [3.05, 3.63) is 69.3 Å². The Bertz CT molecular complexity index is 826. The second-order valence-electron chi connectivity index (χ2n) is 4.74. The summed E-state index contributed by atoms with van der Waals surface area (Å²) in [5.41, 5.74) is 1.62. The van der Waals surface area contributed by atoms with E-state index in [-0.39, 0.29) is 11.6 Å². The van der Waals surface area contributed by atoms with Gasteiger partial charge in [-0.1, -0.05) is 35.3 Å². The van der Waals surface area contributed by atoms with E-state index in [4.69, 9.17) is 32.7 Å². The Labute approximate surface area is 143 Å². The molecule has 0 bridgehead atoms. The Morgan fingerprint density at radius 3 is 2.48 bits per heavy atom. The molecule has 1 heterocycles. The van der Waals surface area contributed by atoms with Gasteiger partial charge >= 0.3 is 5.97 Å². The zero-order valence-electron chi connectivity index (χ0n) is 12.0. The summed E-state index contributed by atoms with van der Waals surface area (Å²) >= 11 is 11.8. The largest absolute Gasteiger partial charge is 0.497 e. The fourth-order valence-corrected chi connectivity index (χ4v) is 2.32. The summed E-state index contributed by atoms with van der Waals surface area (Å²) in [6.07, 6.45) is 1.65. The number of nitrogens with zero attached hydrogens (tertiary/aromatic N) is 1. The van der Waals surface area contributed by atoms with Gasteiger partial charge in [-0.3, -0.25) is 0 Å². The van der Waals surface area contributed by atoms with Crippen LogP contribution in [0.1, 0.15) is 11.1 Å². The second-order valence-corrected chi connectivity index (χ2v) is 5.55. The van der Waals surface area contributed by atoms with E-state index in [1.165, 1.54) is 0 Å². The van der Waals surface area contributed by atoms with Crippen LogP contribution in [0.5, 0.6) is 5.75 Å². The number of halogens is 2. The molecule has 116 valence electrons. The van der Waals surface area contributed by atoms with Crippen molar-refractivity contribution in [1.82, 2.24) is 0 Å². The van der Waals surface area contributed by atoms with Gasteiger partial charge in [-0.15, -0.1) is 0 Å². The number of rotatable bonds is 3. The summed E-state index contributed by atoms with van der Waals surface area (Å²) < 4.78 is 10.3. The molecule has 0 spiro atoms. The number of esters is 1. The molecule has 0 aromatic heterocycles. The second kappa shape index (κ2) is 6.44. The first kappa shape index (κ1) is 15.6. The molecular formula is C17H11Cl2NO3. The number of cyclic esters (lactones) is 1. The third kappa shape index (κ3) is 3.38. The highest BCUT2D eigenvalue weighted by Crippen LogP contribution is 2.26. The summed E-state index contributed by atoms with van der Waals surface area (Å²) in [5.74, 6) is 0.427. The maximum absolute atomic E-state index is 11.9. The Kier molecular flexibility index (Phi) is 4.37. The van der Waals surface area contributed by atoms with Gasteiger partial charge in [0.25, 0.3) is 0 Å². The Balaban J connectivity index is 1.90. The van der Waals surface area contributed by atoms with Gasteiger partial charge in [-0.25, -0.2) is 9.79 Å². The van der Waals surface area contributed by atoms with Crippen LogP contribution in [0.2, 0.25) is 10.0 Å². The normalized spacial score (nSPS) is 15.5. The van der Waals surface area contributed by atoms with Gasteiger partial charge in [0.05, 0.1) is 17.2 Å². The van der Waals surface area contributed by atoms with Crippen molar-refractivity contribution < 1.29 is 14.3 Å². The van der Waals surface area contributed by atoms with Crippen LogP contribution >= 0.6 is 23.2 Å². The molecule has 4 nitrogen and oxygen atoms in total. The van der Waals surface area contributed by atoms with Gasteiger partial charge < -0.3 is 9.47 Å². The monoisotopic (exact) mass is 347 g/mol. The number of carbonyl (C=O) groups is 1. The van der Waals surface area contributed by atoms with E-state index >= 15 is 0 Å². The van der Waals surface area contributed by atoms with Crippen LogP contribution in [0.4, 0.5) is 0 Å². The highest BCUT2D eigenvalue weighted by molar-refractivity contribution is 6.42. The van der Waals surface area contributed by atoms with Crippen molar-refractivity contribution in [2.24, 2.45) is 4.99 Å². The van der Waals surface area contributed by atoms with Crippen LogP contribution in [-0.4, -0.2) is 19.0 Å². The van der Waals surface area contributed by atoms with Crippen molar-refractivity contribution in [1.29, 1.82) is 0 Å². The number of carbonyl (C=O) groups excluding carboxylic acids is 1. The molecule has 6 heteroatoms. The first-order valence-electron chi connectivity index (χ1n) is 6.69.